The number of hydrogen-bond donors (Lipinski definition) is 2. The average molecular weight is 370 g/mol. The Labute approximate surface area is 151 Å². The monoisotopic (exact) mass is 370 g/mol. The summed E-state index contributed by atoms with van der Waals surface area (Å²) in [6.07, 6.45) is -4.42. The van der Waals surface area contributed by atoms with E-state index in [-0.39, 0.29) is 5.75 Å². The van der Waals surface area contributed by atoms with Gasteiger partial charge in [-0.05, 0) is 48.5 Å². The van der Waals surface area contributed by atoms with Crippen LogP contribution >= 0.6 is 0 Å². The van der Waals surface area contributed by atoms with Crippen LogP contribution in [0, 0.1) is 0 Å². The van der Waals surface area contributed by atoms with Gasteiger partial charge in [-0.2, -0.15) is 18.2 Å². The Hall–Kier alpha value is -3.55. The summed E-state index contributed by atoms with van der Waals surface area (Å²) in [5.41, 5.74) is 1.32. The van der Waals surface area contributed by atoms with Crippen molar-refractivity contribution in [3.63, 3.8) is 0 Å². The summed E-state index contributed by atoms with van der Waals surface area (Å²) in [4.78, 5) is 4.34. The molecule has 4 rings (SSSR count). The van der Waals surface area contributed by atoms with Crippen LogP contribution in [0.25, 0.3) is 16.9 Å². The lowest BCUT2D eigenvalue weighted by Gasteiger charge is -2.09. The zero-order chi connectivity index (χ0) is 19.0. The summed E-state index contributed by atoms with van der Waals surface area (Å²) in [6.45, 7) is 0. The van der Waals surface area contributed by atoms with E-state index < -0.39 is 11.7 Å². The van der Waals surface area contributed by atoms with Gasteiger partial charge in [0.2, 0.25) is 5.95 Å². The van der Waals surface area contributed by atoms with Crippen LogP contribution in [0.5, 0.6) is 5.75 Å². The predicted octanol–water partition coefficient (Wildman–Crippen LogP) is 4.86. The molecule has 2 aromatic heterocycles. The van der Waals surface area contributed by atoms with Crippen LogP contribution < -0.4 is 5.32 Å². The third kappa shape index (κ3) is 3.41. The van der Waals surface area contributed by atoms with E-state index in [1.807, 2.05) is 0 Å². The van der Waals surface area contributed by atoms with Crippen molar-refractivity contribution >= 4 is 17.3 Å². The highest BCUT2D eigenvalue weighted by molar-refractivity contribution is 5.65. The van der Waals surface area contributed by atoms with Crippen molar-refractivity contribution in [2.45, 2.75) is 6.18 Å². The highest BCUT2D eigenvalue weighted by Gasteiger charge is 2.30. The van der Waals surface area contributed by atoms with Gasteiger partial charge in [-0.25, -0.2) is 4.52 Å². The largest absolute Gasteiger partial charge is 0.508 e. The van der Waals surface area contributed by atoms with Crippen molar-refractivity contribution in [3.8, 4) is 17.0 Å². The SMILES string of the molecule is Oc1ccc(Nc2nc3cccc(-c4cccc(C(F)(F)F)c4)n3n2)cc1. The molecule has 27 heavy (non-hydrogen) atoms. The highest BCUT2D eigenvalue weighted by Crippen LogP contribution is 2.32. The second kappa shape index (κ2) is 6.31. The molecule has 8 heteroatoms. The average Bonchev–Trinajstić information content (AvgIpc) is 3.05. The van der Waals surface area contributed by atoms with E-state index in [9.17, 15) is 18.3 Å². The first-order chi connectivity index (χ1) is 12.9. The smallest absolute Gasteiger partial charge is 0.416 e. The third-order valence-electron chi connectivity index (χ3n) is 3.97. The van der Waals surface area contributed by atoms with Gasteiger partial charge in [0.05, 0.1) is 11.3 Å². The third-order valence-corrected chi connectivity index (χ3v) is 3.97. The van der Waals surface area contributed by atoms with Crippen LogP contribution in [0.15, 0.2) is 66.7 Å². The van der Waals surface area contributed by atoms with E-state index in [1.54, 1.807) is 36.4 Å². The summed E-state index contributed by atoms with van der Waals surface area (Å²) in [6, 6.07) is 16.5. The van der Waals surface area contributed by atoms with Crippen molar-refractivity contribution in [3.05, 3.63) is 72.3 Å². The number of nitrogens with zero attached hydrogens (tertiary/aromatic N) is 3. The van der Waals surface area contributed by atoms with Gasteiger partial charge in [-0.3, -0.25) is 0 Å². The van der Waals surface area contributed by atoms with E-state index in [0.717, 1.165) is 12.1 Å². The molecule has 2 N–H and O–H groups in total. The van der Waals surface area contributed by atoms with Crippen LogP contribution in [0.4, 0.5) is 24.8 Å². The van der Waals surface area contributed by atoms with Crippen molar-refractivity contribution in [2.75, 3.05) is 5.32 Å². The summed E-state index contributed by atoms with van der Waals surface area (Å²) >= 11 is 0. The zero-order valence-electron chi connectivity index (χ0n) is 13.8. The summed E-state index contributed by atoms with van der Waals surface area (Å²) < 4.78 is 40.5. The maximum absolute atomic E-state index is 13.0. The molecule has 0 saturated carbocycles. The first kappa shape index (κ1) is 16.9. The number of anilines is 2. The fourth-order valence-corrected chi connectivity index (χ4v) is 2.71. The Balaban J connectivity index is 1.74. The molecule has 0 unspecified atom stereocenters. The van der Waals surface area contributed by atoms with E-state index in [0.29, 0.717) is 28.5 Å². The van der Waals surface area contributed by atoms with Crippen LogP contribution in [0.2, 0.25) is 0 Å². The van der Waals surface area contributed by atoms with E-state index in [2.05, 4.69) is 15.4 Å². The standard InChI is InChI=1S/C19H13F3N4O/c20-19(21,22)13-4-1-3-12(11-13)16-5-2-6-17-24-18(25-26(16)17)23-14-7-9-15(27)10-8-14/h1-11,27H,(H,23,25). The van der Waals surface area contributed by atoms with E-state index >= 15 is 0 Å². The van der Waals surface area contributed by atoms with Crippen LogP contribution in [-0.4, -0.2) is 19.7 Å². The molecule has 0 aliphatic rings. The number of rotatable bonds is 3. The Morgan fingerprint density at radius 1 is 0.926 bits per heavy atom. The summed E-state index contributed by atoms with van der Waals surface area (Å²) in [7, 11) is 0. The number of benzene rings is 2. The Morgan fingerprint density at radius 2 is 1.67 bits per heavy atom. The number of aromatic hydroxyl groups is 1. The fourth-order valence-electron chi connectivity index (χ4n) is 2.71. The maximum atomic E-state index is 13.0. The lowest BCUT2D eigenvalue weighted by Crippen LogP contribution is -2.05. The molecule has 0 fully saturated rings. The highest BCUT2D eigenvalue weighted by atomic mass is 19.4. The molecule has 2 heterocycles. The van der Waals surface area contributed by atoms with Crippen LogP contribution in [0.3, 0.4) is 0 Å². The molecule has 0 aliphatic heterocycles. The van der Waals surface area contributed by atoms with Gasteiger partial charge >= 0.3 is 6.18 Å². The molecule has 0 amide bonds. The molecule has 0 saturated heterocycles. The minimum absolute atomic E-state index is 0.135. The quantitative estimate of drug-likeness (QED) is 0.506. The fraction of sp³-hybridized carbons (Fsp3) is 0.0526. The van der Waals surface area contributed by atoms with Crippen molar-refractivity contribution in [2.24, 2.45) is 0 Å². The molecule has 0 aliphatic carbocycles. The maximum Gasteiger partial charge on any atom is 0.416 e. The number of alkyl halides is 3. The van der Waals surface area contributed by atoms with Crippen molar-refractivity contribution in [1.29, 1.82) is 0 Å². The molecule has 0 radical (unpaired) electrons. The van der Waals surface area contributed by atoms with Gasteiger partial charge in [0.15, 0.2) is 5.65 Å². The van der Waals surface area contributed by atoms with Gasteiger partial charge in [0.25, 0.3) is 0 Å². The molecular weight excluding hydrogens is 357 g/mol. The first-order valence-electron chi connectivity index (χ1n) is 8.00. The predicted molar refractivity (Wildman–Crippen MR) is 94.8 cm³/mol. The Morgan fingerprint density at radius 3 is 2.41 bits per heavy atom. The van der Waals surface area contributed by atoms with Crippen LogP contribution in [0.1, 0.15) is 5.56 Å². The molecule has 0 atom stereocenters. The topological polar surface area (TPSA) is 62.5 Å². The number of hydrogen-bond acceptors (Lipinski definition) is 4. The normalized spacial score (nSPS) is 11.7. The molecule has 4 aromatic rings. The Bertz CT molecular complexity index is 1100. The van der Waals surface area contributed by atoms with Crippen LogP contribution in [-0.2, 0) is 6.18 Å². The number of nitrogens with one attached hydrogen (secondary N) is 1. The summed E-state index contributed by atoms with van der Waals surface area (Å²) in [5, 5.41) is 16.7. The van der Waals surface area contributed by atoms with Gasteiger partial charge in [-0.15, -0.1) is 5.10 Å². The minimum Gasteiger partial charge on any atom is -0.508 e. The Kier molecular flexibility index (Phi) is 3.95. The molecule has 5 nitrogen and oxygen atoms in total. The van der Waals surface area contributed by atoms with Gasteiger partial charge in [0, 0.05) is 11.3 Å². The number of halogens is 3. The van der Waals surface area contributed by atoms with E-state index in [1.165, 1.54) is 22.7 Å². The molecule has 136 valence electrons. The number of phenolic OH excluding ortho intramolecular Hbond substituents is 1. The lowest BCUT2D eigenvalue weighted by molar-refractivity contribution is -0.137. The van der Waals surface area contributed by atoms with Crippen molar-refractivity contribution < 1.29 is 18.3 Å². The number of fused-ring (bicyclic) bond motifs is 1. The lowest BCUT2D eigenvalue weighted by atomic mass is 10.1. The van der Waals surface area contributed by atoms with Gasteiger partial charge in [0.1, 0.15) is 5.75 Å². The van der Waals surface area contributed by atoms with E-state index in [4.69, 9.17) is 0 Å². The molecule has 2 aromatic carbocycles. The number of pyridine rings is 1. The minimum atomic E-state index is -4.42. The first-order valence-corrected chi connectivity index (χ1v) is 8.00. The zero-order valence-corrected chi connectivity index (χ0v) is 13.8. The second-order valence-corrected chi connectivity index (χ2v) is 5.87. The molecular formula is C19H13F3N4O. The number of phenols is 1. The summed E-state index contributed by atoms with van der Waals surface area (Å²) in [5.74, 6) is 0.426. The van der Waals surface area contributed by atoms with Crippen molar-refractivity contribution in [1.82, 2.24) is 14.6 Å². The molecule has 0 spiro atoms. The molecule has 0 bridgehead atoms. The second-order valence-electron chi connectivity index (χ2n) is 5.87. The number of aromatic nitrogens is 3. The van der Waals surface area contributed by atoms with Gasteiger partial charge in [-0.1, -0.05) is 18.2 Å². The van der Waals surface area contributed by atoms with Gasteiger partial charge < -0.3 is 10.4 Å².